The van der Waals surface area contributed by atoms with Gasteiger partial charge in [0.2, 0.25) is 5.91 Å². The topological polar surface area (TPSA) is 102 Å². The van der Waals surface area contributed by atoms with Crippen LogP contribution in [0.5, 0.6) is 11.5 Å². The Morgan fingerprint density at radius 1 is 1.15 bits per heavy atom. The number of aryl methyl sites for hydroxylation is 1. The first-order valence-corrected chi connectivity index (χ1v) is 10.9. The predicted octanol–water partition coefficient (Wildman–Crippen LogP) is 4.23. The number of fused-ring (bicyclic) bond motifs is 1. The van der Waals surface area contributed by atoms with Crippen molar-refractivity contribution in [2.24, 2.45) is 0 Å². The molecule has 1 aliphatic rings. The smallest absolute Gasteiger partial charge is 0.248 e. The Morgan fingerprint density at radius 3 is 2.79 bits per heavy atom. The van der Waals surface area contributed by atoms with Gasteiger partial charge in [-0.15, -0.1) is 10.2 Å². The van der Waals surface area contributed by atoms with Crippen LogP contribution in [0.15, 0.2) is 48.5 Å². The van der Waals surface area contributed by atoms with Gasteiger partial charge in [-0.2, -0.15) is 5.26 Å². The lowest BCUT2D eigenvalue weighted by Gasteiger charge is -2.09. The lowest BCUT2D eigenvalue weighted by atomic mass is 10.1. The maximum Gasteiger partial charge on any atom is 0.248 e. The molecule has 8 nitrogen and oxygen atoms in total. The maximum atomic E-state index is 12.4. The van der Waals surface area contributed by atoms with Crippen LogP contribution in [0.2, 0.25) is 0 Å². The van der Waals surface area contributed by atoms with Crippen LogP contribution in [0.25, 0.3) is 17.5 Å². The highest BCUT2D eigenvalue weighted by Crippen LogP contribution is 2.28. The van der Waals surface area contributed by atoms with Crippen molar-refractivity contribution in [1.29, 1.82) is 5.26 Å². The van der Waals surface area contributed by atoms with Gasteiger partial charge in [0.15, 0.2) is 23.9 Å². The minimum Gasteiger partial charge on any atom is -0.493 e. The van der Waals surface area contributed by atoms with Crippen LogP contribution in [0.3, 0.4) is 0 Å². The molecule has 8 heteroatoms. The van der Waals surface area contributed by atoms with Crippen LogP contribution in [-0.2, 0) is 17.8 Å². The molecule has 33 heavy (non-hydrogen) atoms. The monoisotopic (exact) mass is 443 g/mol. The Hall–Kier alpha value is -4.12. The fourth-order valence-corrected chi connectivity index (χ4v) is 3.77. The minimum atomic E-state index is -0.247. The molecule has 3 aromatic rings. The summed E-state index contributed by atoms with van der Waals surface area (Å²) in [6, 6.07) is 14.8. The molecule has 0 saturated heterocycles. The Balaban J connectivity index is 1.40. The van der Waals surface area contributed by atoms with Crippen LogP contribution in [0.4, 0.5) is 5.69 Å². The molecule has 0 saturated carbocycles. The van der Waals surface area contributed by atoms with Crippen molar-refractivity contribution >= 4 is 17.7 Å². The lowest BCUT2D eigenvalue weighted by Crippen LogP contribution is -2.07. The molecule has 0 unspecified atom stereocenters. The quantitative estimate of drug-likeness (QED) is 0.548. The molecule has 0 radical (unpaired) electrons. The summed E-state index contributed by atoms with van der Waals surface area (Å²) in [7, 11) is 1.52. The van der Waals surface area contributed by atoms with E-state index in [4.69, 9.17) is 14.7 Å². The third-order valence-corrected chi connectivity index (χ3v) is 5.43. The van der Waals surface area contributed by atoms with Crippen LogP contribution in [-0.4, -0.2) is 34.4 Å². The number of nitriles is 1. The molecular formula is C25H25N5O3. The van der Waals surface area contributed by atoms with E-state index in [1.54, 1.807) is 24.3 Å². The number of nitrogens with one attached hydrogen (secondary N) is 1. The van der Waals surface area contributed by atoms with Gasteiger partial charge in [0.1, 0.15) is 11.9 Å². The first-order valence-electron chi connectivity index (χ1n) is 10.9. The van der Waals surface area contributed by atoms with Crippen molar-refractivity contribution in [3.8, 4) is 29.0 Å². The summed E-state index contributed by atoms with van der Waals surface area (Å²) in [6.45, 7) is 0.878. The Bertz CT molecular complexity index is 1190. The van der Waals surface area contributed by atoms with Gasteiger partial charge >= 0.3 is 0 Å². The molecule has 0 spiro atoms. The second kappa shape index (κ2) is 10.5. The van der Waals surface area contributed by atoms with Crippen LogP contribution in [0.1, 0.15) is 30.7 Å². The Morgan fingerprint density at radius 2 is 2.00 bits per heavy atom. The van der Waals surface area contributed by atoms with E-state index in [0.29, 0.717) is 17.2 Å². The van der Waals surface area contributed by atoms with Crippen molar-refractivity contribution in [3.63, 3.8) is 0 Å². The number of benzene rings is 2. The molecule has 168 valence electrons. The van der Waals surface area contributed by atoms with E-state index in [9.17, 15) is 4.79 Å². The van der Waals surface area contributed by atoms with Gasteiger partial charge in [-0.05, 0) is 60.9 Å². The van der Waals surface area contributed by atoms with Crippen molar-refractivity contribution in [2.45, 2.75) is 32.2 Å². The van der Waals surface area contributed by atoms with Gasteiger partial charge in [0.25, 0.3) is 0 Å². The standard InChI is InChI=1S/C25H25N5O3/c1-32-22-17-18(6-12-21(22)33-16-14-26)7-13-24(31)27-20-10-8-19(9-11-20)25-29-28-23-5-3-2-4-15-30(23)25/h6-13,17H,2-5,15-16H2,1H3,(H,27,31). The fourth-order valence-electron chi connectivity index (χ4n) is 3.77. The third kappa shape index (κ3) is 5.39. The molecule has 0 aliphatic carbocycles. The number of hydrogen-bond acceptors (Lipinski definition) is 6. The van der Waals surface area contributed by atoms with E-state index in [1.807, 2.05) is 30.3 Å². The summed E-state index contributed by atoms with van der Waals surface area (Å²) >= 11 is 0. The summed E-state index contributed by atoms with van der Waals surface area (Å²) in [5, 5.41) is 20.3. The number of rotatable bonds is 7. The summed E-state index contributed by atoms with van der Waals surface area (Å²) in [4.78, 5) is 12.4. The number of hydrogen-bond donors (Lipinski definition) is 1. The van der Waals surface area contributed by atoms with E-state index in [2.05, 4.69) is 20.1 Å². The Kier molecular flexibility index (Phi) is 7.00. The van der Waals surface area contributed by atoms with Crippen LogP contribution >= 0.6 is 0 Å². The van der Waals surface area contributed by atoms with E-state index in [-0.39, 0.29) is 12.5 Å². The highest BCUT2D eigenvalue weighted by Gasteiger charge is 2.16. The molecule has 2 heterocycles. The van der Waals surface area contributed by atoms with E-state index in [1.165, 1.54) is 19.6 Å². The molecular weight excluding hydrogens is 418 g/mol. The van der Waals surface area contributed by atoms with Crippen molar-refractivity contribution in [2.75, 3.05) is 19.0 Å². The zero-order valence-electron chi connectivity index (χ0n) is 18.5. The number of ether oxygens (including phenoxy) is 2. The van der Waals surface area contributed by atoms with Gasteiger partial charge in [0, 0.05) is 30.3 Å². The fraction of sp³-hybridized carbons (Fsp3) is 0.280. The van der Waals surface area contributed by atoms with E-state index < -0.39 is 0 Å². The zero-order valence-corrected chi connectivity index (χ0v) is 18.5. The second-order valence-corrected chi connectivity index (χ2v) is 7.66. The highest BCUT2D eigenvalue weighted by atomic mass is 16.5. The molecule has 1 aliphatic heterocycles. The summed E-state index contributed by atoms with van der Waals surface area (Å²) in [5.41, 5.74) is 2.45. The number of methoxy groups -OCH3 is 1. The number of amides is 1. The third-order valence-electron chi connectivity index (χ3n) is 5.43. The van der Waals surface area contributed by atoms with Crippen molar-refractivity contribution < 1.29 is 14.3 Å². The number of aromatic nitrogens is 3. The largest absolute Gasteiger partial charge is 0.493 e. The zero-order chi connectivity index (χ0) is 23.0. The first-order chi connectivity index (χ1) is 16.2. The van der Waals surface area contributed by atoms with Gasteiger partial charge < -0.3 is 19.4 Å². The minimum absolute atomic E-state index is 0.0632. The van der Waals surface area contributed by atoms with E-state index in [0.717, 1.165) is 48.6 Å². The molecule has 4 rings (SSSR count). The average molecular weight is 444 g/mol. The van der Waals surface area contributed by atoms with Gasteiger partial charge in [0.05, 0.1) is 7.11 Å². The Labute approximate surface area is 192 Å². The van der Waals surface area contributed by atoms with E-state index >= 15 is 0 Å². The first kappa shape index (κ1) is 22.1. The molecule has 1 N–H and O–H groups in total. The van der Waals surface area contributed by atoms with Crippen LogP contribution < -0.4 is 14.8 Å². The summed E-state index contributed by atoms with van der Waals surface area (Å²) in [6.07, 6.45) is 7.62. The molecule has 1 amide bonds. The van der Waals surface area contributed by atoms with Gasteiger partial charge in [-0.25, -0.2) is 0 Å². The normalized spacial score (nSPS) is 13.1. The molecule has 0 fully saturated rings. The van der Waals surface area contributed by atoms with Gasteiger partial charge in [-0.1, -0.05) is 12.5 Å². The average Bonchev–Trinajstić information content (AvgIpc) is 3.09. The number of anilines is 1. The maximum absolute atomic E-state index is 12.4. The predicted molar refractivity (Wildman–Crippen MR) is 125 cm³/mol. The number of nitrogens with zero attached hydrogens (tertiary/aromatic N) is 4. The summed E-state index contributed by atoms with van der Waals surface area (Å²) < 4.78 is 12.8. The number of carbonyl (C=O) groups excluding carboxylic acids is 1. The highest BCUT2D eigenvalue weighted by molar-refractivity contribution is 6.02. The number of carbonyl (C=O) groups is 1. The molecule has 0 atom stereocenters. The second-order valence-electron chi connectivity index (χ2n) is 7.66. The molecule has 1 aromatic heterocycles. The molecule has 2 aromatic carbocycles. The lowest BCUT2D eigenvalue weighted by molar-refractivity contribution is -0.111. The SMILES string of the molecule is COc1cc(C=CC(=O)Nc2ccc(-c3nnc4n3CCCCC4)cc2)ccc1OCC#N. The molecule has 0 bridgehead atoms. The van der Waals surface area contributed by atoms with Crippen molar-refractivity contribution in [1.82, 2.24) is 14.8 Å². The van der Waals surface area contributed by atoms with Crippen molar-refractivity contribution in [3.05, 3.63) is 59.9 Å². The van der Waals surface area contributed by atoms with Crippen LogP contribution in [0, 0.1) is 11.3 Å². The van der Waals surface area contributed by atoms with Gasteiger partial charge in [-0.3, -0.25) is 4.79 Å². The summed E-state index contributed by atoms with van der Waals surface area (Å²) in [5.74, 6) is 2.65.